The zero-order valence-electron chi connectivity index (χ0n) is 16.1. The number of anilines is 1. The molecule has 1 aliphatic rings. The summed E-state index contributed by atoms with van der Waals surface area (Å²) in [6.07, 6.45) is -4.36. The Morgan fingerprint density at radius 1 is 1.34 bits per heavy atom. The monoisotopic (exact) mass is 415 g/mol. The summed E-state index contributed by atoms with van der Waals surface area (Å²) in [7, 11) is 1.67. The summed E-state index contributed by atoms with van der Waals surface area (Å²) in [6, 6.07) is 7.98. The number of nitrogens with zero attached hydrogens (tertiary/aromatic N) is 1. The number of carboxylic acids is 1. The maximum atomic E-state index is 10.6. The van der Waals surface area contributed by atoms with E-state index in [9.17, 15) is 18.3 Å². The van der Waals surface area contributed by atoms with Crippen LogP contribution in [-0.2, 0) is 4.79 Å². The summed E-state index contributed by atoms with van der Waals surface area (Å²) in [5.41, 5.74) is 3.02. The summed E-state index contributed by atoms with van der Waals surface area (Å²) >= 11 is 0. The number of carboxylic acid groups (broad SMARTS) is 1. The number of methoxy groups -OCH3 is 1. The summed E-state index contributed by atoms with van der Waals surface area (Å²) in [5, 5.41) is 24.8. The van der Waals surface area contributed by atoms with Gasteiger partial charge in [-0.1, -0.05) is 0 Å². The number of pyridine rings is 1. The standard InChI is InChI=1S/C17H23N3O2.C2HF3O2/c1-11-7-16(19-6-5-12-9-18-10-17(12)21)14-8-13(22-2)3-4-15(14)20-11;3-2(4,5)1(6)7/h3-4,7-8,12,17-18,21H,5-6,9-10H2,1-2H3,(H,19,20);(H,6,7)/t12-,17-;/m1./s1. The number of aryl methyl sites for hydroxylation is 1. The first kappa shape index (κ1) is 22.7. The van der Waals surface area contributed by atoms with Gasteiger partial charge < -0.3 is 25.6 Å². The molecule has 2 heterocycles. The molecule has 1 fully saturated rings. The van der Waals surface area contributed by atoms with Gasteiger partial charge in [-0.15, -0.1) is 0 Å². The van der Waals surface area contributed by atoms with Crippen LogP contribution in [0.25, 0.3) is 10.9 Å². The lowest BCUT2D eigenvalue weighted by Gasteiger charge is -2.15. The molecule has 0 bridgehead atoms. The van der Waals surface area contributed by atoms with Crippen LogP contribution in [-0.4, -0.2) is 60.2 Å². The van der Waals surface area contributed by atoms with Gasteiger partial charge in [-0.05, 0) is 37.6 Å². The van der Waals surface area contributed by atoms with Gasteiger partial charge in [0.25, 0.3) is 0 Å². The van der Waals surface area contributed by atoms with Gasteiger partial charge >= 0.3 is 12.1 Å². The number of aliphatic hydroxyl groups excluding tert-OH is 1. The van der Waals surface area contributed by atoms with Crippen LogP contribution < -0.4 is 15.4 Å². The van der Waals surface area contributed by atoms with E-state index in [1.807, 2.05) is 25.1 Å². The van der Waals surface area contributed by atoms with Crippen molar-refractivity contribution in [2.75, 3.05) is 32.1 Å². The second kappa shape index (κ2) is 9.75. The fourth-order valence-electron chi connectivity index (χ4n) is 3.02. The molecular formula is C19H24F3N3O4. The SMILES string of the molecule is COc1ccc2nc(C)cc(NCC[C@@H]3CNC[C@H]3O)c2c1.O=C(O)C(F)(F)F. The Bertz CT molecular complexity index is 845. The minimum absolute atomic E-state index is 0.224. The number of aliphatic hydroxyl groups is 1. The van der Waals surface area contributed by atoms with Crippen LogP contribution in [0.15, 0.2) is 24.3 Å². The van der Waals surface area contributed by atoms with Crippen LogP contribution in [0.1, 0.15) is 12.1 Å². The first-order valence-corrected chi connectivity index (χ1v) is 9.00. The van der Waals surface area contributed by atoms with E-state index < -0.39 is 12.1 Å². The molecule has 0 saturated carbocycles. The maximum absolute atomic E-state index is 10.6. The van der Waals surface area contributed by atoms with Crippen LogP contribution in [0.2, 0.25) is 0 Å². The van der Waals surface area contributed by atoms with Crippen LogP contribution in [0, 0.1) is 12.8 Å². The third-order valence-corrected chi connectivity index (χ3v) is 4.52. The van der Waals surface area contributed by atoms with E-state index in [4.69, 9.17) is 14.6 Å². The summed E-state index contributed by atoms with van der Waals surface area (Å²) < 4.78 is 37.0. The van der Waals surface area contributed by atoms with Gasteiger partial charge in [0.2, 0.25) is 0 Å². The summed E-state index contributed by atoms with van der Waals surface area (Å²) in [6.45, 7) is 4.44. The van der Waals surface area contributed by atoms with E-state index in [-0.39, 0.29) is 6.10 Å². The lowest BCUT2D eigenvalue weighted by molar-refractivity contribution is -0.192. The minimum Gasteiger partial charge on any atom is -0.497 e. The smallest absolute Gasteiger partial charge is 0.490 e. The predicted octanol–water partition coefficient (Wildman–Crippen LogP) is 2.57. The van der Waals surface area contributed by atoms with Crippen molar-refractivity contribution < 1.29 is 32.9 Å². The molecule has 3 rings (SSSR count). The Kier molecular flexibility index (Phi) is 7.63. The van der Waals surface area contributed by atoms with Crippen molar-refractivity contribution in [1.29, 1.82) is 0 Å². The van der Waals surface area contributed by atoms with Crippen molar-refractivity contribution in [1.82, 2.24) is 10.3 Å². The lowest BCUT2D eigenvalue weighted by atomic mass is 10.0. The van der Waals surface area contributed by atoms with Crippen LogP contribution in [0.4, 0.5) is 18.9 Å². The van der Waals surface area contributed by atoms with Gasteiger partial charge in [-0.2, -0.15) is 13.2 Å². The molecule has 2 atom stereocenters. The van der Waals surface area contributed by atoms with Gasteiger partial charge in [-0.25, -0.2) is 4.79 Å². The second-order valence-corrected chi connectivity index (χ2v) is 6.70. The molecule has 10 heteroatoms. The van der Waals surface area contributed by atoms with Crippen molar-refractivity contribution in [2.45, 2.75) is 25.6 Å². The number of fused-ring (bicyclic) bond motifs is 1. The van der Waals surface area contributed by atoms with E-state index in [1.165, 1.54) is 0 Å². The molecule has 7 nitrogen and oxygen atoms in total. The zero-order valence-corrected chi connectivity index (χ0v) is 16.1. The number of hydrogen-bond acceptors (Lipinski definition) is 6. The number of β-amino-alcohol motifs (C(OH)–C–C–N with tert-alkyl or cyclic N) is 1. The molecule has 160 valence electrons. The van der Waals surface area contributed by atoms with Crippen molar-refractivity contribution in [3.8, 4) is 5.75 Å². The average molecular weight is 415 g/mol. The van der Waals surface area contributed by atoms with Crippen LogP contribution in [0.5, 0.6) is 5.75 Å². The molecule has 0 spiro atoms. The number of aromatic nitrogens is 1. The van der Waals surface area contributed by atoms with Gasteiger partial charge in [0.1, 0.15) is 5.75 Å². The summed E-state index contributed by atoms with van der Waals surface area (Å²) in [5.74, 6) is -1.60. The average Bonchev–Trinajstić information content (AvgIpc) is 3.06. The van der Waals surface area contributed by atoms with Crippen molar-refractivity contribution in [3.05, 3.63) is 30.0 Å². The molecule has 4 N–H and O–H groups in total. The number of benzene rings is 1. The number of alkyl halides is 3. The van der Waals surface area contributed by atoms with Crippen LogP contribution in [0.3, 0.4) is 0 Å². The van der Waals surface area contributed by atoms with Crippen molar-refractivity contribution in [3.63, 3.8) is 0 Å². The Morgan fingerprint density at radius 3 is 2.59 bits per heavy atom. The Labute approximate surface area is 165 Å². The predicted molar refractivity (Wildman–Crippen MR) is 102 cm³/mol. The number of nitrogens with one attached hydrogen (secondary N) is 2. The van der Waals surface area contributed by atoms with E-state index in [0.717, 1.165) is 47.5 Å². The Morgan fingerprint density at radius 2 is 2.03 bits per heavy atom. The minimum atomic E-state index is -5.08. The molecular weight excluding hydrogens is 391 g/mol. The van der Waals surface area contributed by atoms with Crippen molar-refractivity contribution in [2.24, 2.45) is 5.92 Å². The number of aliphatic carboxylic acids is 1. The number of halogens is 3. The van der Waals surface area contributed by atoms with Crippen LogP contribution >= 0.6 is 0 Å². The van der Waals surface area contributed by atoms with E-state index >= 15 is 0 Å². The fraction of sp³-hybridized carbons (Fsp3) is 0.474. The third kappa shape index (κ3) is 6.47. The fourth-order valence-corrected chi connectivity index (χ4v) is 3.02. The molecule has 0 amide bonds. The topological polar surface area (TPSA) is 104 Å². The molecule has 1 aromatic carbocycles. The molecule has 1 aliphatic heterocycles. The quantitative estimate of drug-likeness (QED) is 0.595. The number of rotatable bonds is 5. The highest BCUT2D eigenvalue weighted by molar-refractivity contribution is 5.92. The Hall–Kier alpha value is -2.59. The van der Waals surface area contributed by atoms with Gasteiger partial charge in [0.15, 0.2) is 0 Å². The number of ether oxygens (including phenoxy) is 1. The summed E-state index contributed by atoms with van der Waals surface area (Å²) in [4.78, 5) is 13.5. The highest BCUT2D eigenvalue weighted by Gasteiger charge is 2.38. The molecule has 0 unspecified atom stereocenters. The molecule has 1 saturated heterocycles. The van der Waals surface area contributed by atoms with Gasteiger partial charge in [-0.3, -0.25) is 4.98 Å². The zero-order chi connectivity index (χ0) is 21.6. The molecule has 29 heavy (non-hydrogen) atoms. The molecule has 1 aromatic heterocycles. The molecule has 2 aromatic rings. The highest BCUT2D eigenvalue weighted by Crippen LogP contribution is 2.27. The van der Waals surface area contributed by atoms with Gasteiger partial charge in [0, 0.05) is 42.3 Å². The molecule has 0 aliphatic carbocycles. The molecule has 0 radical (unpaired) electrons. The second-order valence-electron chi connectivity index (χ2n) is 6.70. The normalized spacial score (nSPS) is 18.8. The van der Waals surface area contributed by atoms with Gasteiger partial charge in [0.05, 0.1) is 18.7 Å². The van der Waals surface area contributed by atoms with E-state index in [2.05, 4.69) is 21.7 Å². The highest BCUT2D eigenvalue weighted by atomic mass is 19.4. The number of carbonyl (C=O) groups is 1. The Balaban J connectivity index is 0.000000370. The first-order chi connectivity index (χ1) is 13.6. The lowest BCUT2D eigenvalue weighted by Crippen LogP contribution is -2.21. The largest absolute Gasteiger partial charge is 0.497 e. The first-order valence-electron chi connectivity index (χ1n) is 9.00. The van der Waals surface area contributed by atoms with Crippen molar-refractivity contribution >= 4 is 22.6 Å². The number of hydrogen-bond donors (Lipinski definition) is 4. The third-order valence-electron chi connectivity index (χ3n) is 4.52. The van der Waals surface area contributed by atoms with E-state index in [0.29, 0.717) is 12.5 Å². The maximum Gasteiger partial charge on any atom is 0.490 e. The van der Waals surface area contributed by atoms with E-state index in [1.54, 1.807) is 7.11 Å².